The highest BCUT2D eigenvalue weighted by Crippen LogP contribution is 2.25. The van der Waals surface area contributed by atoms with E-state index in [1.807, 2.05) is 26.8 Å². The summed E-state index contributed by atoms with van der Waals surface area (Å²) in [4.78, 5) is 19.9. The smallest absolute Gasteiger partial charge is 0.426 e. The van der Waals surface area contributed by atoms with Crippen molar-refractivity contribution in [3.63, 3.8) is 0 Å². The molecule has 23 heavy (non-hydrogen) atoms. The van der Waals surface area contributed by atoms with E-state index in [-0.39, 0.29) is 22.1 Å². The van der Waals surface area contributed by atoms with E-state index >= 15 is 0 Å². The van der Waals surface area contributed by atoms with E-state index < -0.39 is 11.7 Å². The predicted molar refractivity (Wildman–Crippen MR) is 87.9 cm³/mol. The van der Waals surface area contributed by atoms with Crippen molar-refractivity contribution in [2.24, 2.45) is 5.41 Å². The van der Waals surface area contributed by atoms with E-state index in [1.54, 1.807) is 20.8 Å². The van der Waals surface area contributed by atoms with Crippen LogP contribution in [-0.2, 0) is 4.74 Å². The number of anilines is 1. The fraction of sp³-hybridized carbons (Fsp3) is 0.600. The first kappa shape index (κ1) is 19.0. The van der Waals surface area contributed by atoms with Crippen LogP contribution in [0.3, 0.4) is 0 Å². The van der Waals surface area contributed by atoms with E-state index in [9.17, 15) is 4.79 Å². The number of hydrogen-bond donors (Lipinski definition) is 1. The van der Waals surface area contributed by atoms with Crippen LogP contribution in [0.15, 0.2) is 6.20 Å². The second-order valence-corrected chi connectivity index (χ2v) is 7.64. The fourth-order valence-corrected chi connectivity index (χ4v) is 1.85. The molecular formula is C15H22ClN5O2. The first-order chi connectivity index (χ1) is 10.4. The molecule has 1 aromatic rings. The van der Waals surface area contributed by atoms with Gasteiger partial charge in [-0.25, -0.2) is 15.2 Å². The van der Waals surface area contributed by atoms with Gasteiger partial charge in [0, 0.05) is 6.54 Å². The average Bonchev–Trinajstić information content (AvgIpc) is 2.34. The molecule has 0 aliphatic rings. The molecule has 0 radical (unpaired) electrons. The van der Waals surface area contributed by atoms with Gasteiger partial charge in [0.1, 0.15) is 16.7 Å². The summed E-state index contributed by atoms with van der Waals surface area (Å²) < 4.78 is 5.26. The van der Waals surface area contributed by atoms with Crippen molar-refractivity contribution in [2.75, 3.05) is 11.6 Å². The standard InChI is InChI=1S/C15H22ClN5O2/c1-14(2,3)9-21(20-13(22)23-15(4,5)6)12-10(16)8-18-11(7-17)19-12/h8H,9H2,1-6H3,(H,20,22). The molecule has 0 fully saturated rings. The van der Waals surface area contributed by atoms with Gasteiger partial charge in [-0.3, -0.25) is 5.01 Å². The number of aromatic nitrogens is 2. The topological polar surface area (TPSA) is 91.1 Å². The zero-order valence-corrected chi connectivity index (χ0v) is 15.0. The monoisotopic (exact) mass is 339 g/mol. The van der Waals surface area contributed by atoms with E-state index in [1.165, 1.54) is 11.2 Å². The maximum Gasteiger partial charge on any atom is 0.426 e. The molecule has 7 nitrogen and oxygen atoms in total. The zero-order chi connectivity index (χ0) is 17.8. The van der Waals surface area contributed by atoms with Crippen LogP contribution in [0.5, 0.6) is 0 Å². The van der Waals surface area contributed by atoms with Crippen molar-refractivity contribution < 1.29 is 9.53 Å². The number of rotatable bonds is 3. The maximum atomic E-state index is 12.1. The first-order valence-electron chi connectivity index (χ1n) is 7.11. The molecule has 0 saturated carbocycles. The molecule has 1 N–H and O–H groups in total. The van der Waals surface area contributed by atoms with Gasteiger partial charge in [-0.05, 0) is 26.2 Å². The minimum atomic E-state index is -0.634. The molecule has 1 rings (SSSR count). The Morgan fingerprint density at radius 3 is 2.48 bits per heavy atom. The van der Waals surface area contributed by atoms with Gasteiger partial charge in [-0.2, -0.15) is 10.2 Å². The first-order valence-corrected chi connectivity index (χ1v) is 7.49. The van der Waals surface area contributed by atoms with Crippen LogP contribution in [0.2, 0.25) is 5.02 Å². The number of hydrogen-bond acceptors (Lipinski definition) is 6. The third-order valence-corrected chi connectivity index (χ3v) is 2.61. The Kier molecular flexibility index (Phi) is 5.78. The molecule has 8 heteroatoms. The highest BCUT2D eigenvalue weighted by Gasteiger charge is 2.25. The molecule has 0 aliphatic carbocycles. The number of ether oxygens (including phenoxy) is 1. The Bertz CT molecular complexity index is 614. The zero-order valence-electron chi connectivity index (χ0n) is 14.3. The Labute approximate surface area is 141 Å². The van der Waals surface area contributed by atoms with Crippen LogP contribution in [-0.4, -0.2) is 28.2 Å². The van der Waals surface area contributed by atoms with Crippen LogP contribution in [0.25, 0.3) is 0 Å². The molecule has 0 spiro atoms. The van der Waals surface area contributed by atoms with Crippen LogP contribution in [0, 0.1) is 16.7 Å². The van der Waals surface area contributed by atoms with Gasteiger partial charge in [0.2, 0.25) is 5.82 Å². The van der Waals surface area contributed by atoms with E-state index in [2.05, 4.69) is 15.4 Å². The number of carbonyl (C=O) groups is 1. The van der Waals surface area contributed by atoms with Crippen LogP contribution >= 0.6 is 11.6 Å². The average molecular weight is 340 g/mol. The highest BCUT2D eigenvalue weighted by atomic mass is 35.5. The van der Waals surface area contributed by atoms with E-state index in [0.29, 0.717) is 6.54 Å². The van der Waals surface area contributed by atoms with Gasteiger partial charge in [0.25, 0.3) is 0 Å². The minimum absolute atomic E-state index is 0.0331. The van der Waals surface area contributed by atoms with Gasteiger partial charge >= 0.3 is 6.09 Å². The number of amides is 1. The summed E-state index contributed by atoms with van der Waals surface area (Å²) in [6.45, 7) is 11.7. The molecule has 126 valence electrons. The second-order valence-electron chi connectivity index (χ2n) is 7.24. The summed E-state index contributed by atoms with van der Waals surface area (Å²) in [5.41, 5.74) is 1.82. The number of nitrogens with zero attached hydrogens (tertiary/aromatic N) is 4. The van der Waals surface area contributed by atoms with Crippen molar-refractivity contribution in [2.45, 2.75) is 47.1 Å². The normalized spacial score (nSPS) is 11.6. The summed E-state index contributed by atoms with van der Waals surface area (Å²) in [6, 6.07) is 1.85. The van der Waals surface area contributed by atoms with Crippen molar-refractivity contribution in [1.29, 1.82) is 5.26 Å². The number of nitrogens with one attached hydrogen (secondary N) is 1. The molecular weight excluding hydrogens is 318 g/mol. The summed E-state index contributed by atoms with van der Waals surface area (Å²) in [7, 11) is 0. The molecule has 0 atom stereocenters. The molecule has 0 aliphatic heterocycles. The Morgan fingerprint density at radius 1 is 1.39 bits per heavy atom. The van der Waals surface area contributed by atoms with Crippen LogP contribution in [0.4, 0.5) is 10.6 Å². The molecule has 1 amide bonds. The summed E-state index contributed by atoms with van der Waals surface area (Å²) >= 11 is 6.13. The highest BCUT2D eigenvalue weighted by molar-refractivity contribution is 6.32. The molecule has 0 aromatic carbocycles. The summed E-state index contributed by atoms with van der Waals surface area (Å²) in [5.74, 6) is 0.216. The summed E-state index contributed by atoms with van der Waals surface area (Å²) in [5, 5.41) is 10.7. The maximum absolute atomic E-state index is 12.1. The number of nitriles is 1. The second kappa shape index (κ2) is 7.01. The van der Waals surface area contributed by atoms with Crippen LogP contribution in [0.1, 0.15) is 47.4 Å². The van der Waals surface area contributed by atoms with Gasteiger partial charge in [-0.1, -0.05) is 32.4 Å². The third kappa shape index (κ3) is 6.70. The Balaban J connectivity index is 3.11. The lowest BCUT2D eigenvalue weighted by atomic mass is 9.97. The lowest BCUT2D eigenvalue weighted by Crippen LogP contribution is -2.48. The molecule has 0 unspecified atom stereocenters. The van der Waals surface area contributed by atoms with E-state index in [4.69, 9.17) is 21.6 Å². The third-order valence-electron chi connectivity index (χ3n) is 2.34. The van der Waals surface area contributed by atoms with E-state index in [0.717, 1.165) is 0 Å². The number of hydrazine groups is 1. The Morgan fingerprint density at radius 2 is 2.00 bits per heavy atom. The largest absolute Gasteiger partial charge is 0.443 e. The number of carbonyl (C=O) groups excluding carboxylic acids is 1. The van der Waals surface area contributed by atoms with Crippen molar-refractivity contribution in [1.82, 2.24) is 15.4 Å². The lowest BCUT2D eigenvalue weighted by molar-refractivity contribution is 0.0516. The minimum Gasteiger partial charge on any atom is -0.443 e. The van der Waals surface area contributed by atoms with Gasteiger partial charge in [0.15, 0.2) is 5.82 Å². The lowest BCUT2D eigenvalue weighted by Gasteiger charge is -2.32. The van der Waals surface area contributed by atoms with Gasteiger partial charge < -0.3 is 4.74 Å². The molecule has 0 saturated heterocycles. The molecule has 1 aromatic heterocycles. The summed E-state index contributed by atoms with van der Waals surface area (Å²) in [6.07, 6.45) is 0.699. The molecule has 1 heterocycles. The predicted octanol–water partition coefficient (Wildman–Crippen LogP) is 3.29. The van der Waals surface area contributed by atoms with Gasteiger partial charge in [0.05, 0.1) is 6.20 Å². The quantitative estimate of drug-likeness (QED) is 0.849. The number of halogens is 1. The SMILES string of the molecule is CC(C)(C)CN(NC(=O)OC(C)(C)C)c1nc(C#N)ncc1Cl. The Hall–Kier alpha value is -2.07. The molecule has 0 bridgehead atoms. The van der Waals surface area contributed by atoms with Crippen LogP contribution < -0.4 is 10.4 Å². The van der Waals surface area contributed by atoms with Crippen molar-refractivity contribution in [3.8, 4) is 6.07 Å². The van der Waals surface area contributed by atoms with Gasteiger partial charge in [-0.15, -0.1) is 0 Å². The fourth-order valence-electron chi connectivity index (χ4n) is 1.65. The van der Waals surface area contributed by atoms with Crippen molar-refractivity contribution >= 4 is 23.5 Å². The van der Waals surface area contributed by atoms with Crippen molar-refractivity contribution in [3.05, 3.63) is 17.0 Å².